The molecule has 0 aliphatic rings. The van der Waals surface area contributed by atoms with Crippen LogP contribution in [0.15, 0.2) is 0 Å². The van der Waals surface area contributed by atoms with E-state index >= 15 is 0 Å². The maximum Gasteiger partial charge on any atom is 0.222 e. The fourth-order valence-corrected chi connectivity index (χ4v) is 1.85. The van der Waals surface area contributed by atoms with Crippen molar-refractivity contribution in [2.24, 2.45) is 17.6 Å². The molecule has 106 valence electrons. The number of amides is 2. The number of rotatable bonds is 8. The van der Waals surface area contributed by atoms with Gasteiger partial charge in [-0.15, -0.1) is 0 Å². The second kappa shape index (κ2) is 8.91. The van der Waals surface area contributed by atoms with E-state index in [-0.39, 0.29) is 17.7 Å². The van der Waals surface area contributed by atoms with Crippen LogP contribution in [0.4, 0.5) is 0 Å². The van der Waals surface area contributed by atoms with E-state index in [9.17, 15) is 9.59 Å². The summed E-state index contributed by atoms with van der Waals surface area (Å²) >= 11 is 0. The summed E-state index contributed by atoms with van der Waals surface area (Å²) in [6.45, 7) is 5.25. The Morgan fingerprint density at radius 2 is 1.94 bits per heavy atom. The first-order valence-electron chi connectivity index (χ1n) is 6.55. The Balaban J connectivity index is 4.08. The lowest BCUT2D eigenvalue weighted by Gasteiger charge is -2.21. The molecule has 0 spiro atoms. The molecule has 0 aliphatic heterocycles. The summed E-state index contributed by atoms with van der Waals surface area (Å²) < 4.78 is 0. The fraction of sp³-hybridized carbons (Fsp3) is 0.846. The van der Waals surface area contributed by atoms with E-state index in [1.807, 2.05) is 0 Å². The van der Waals surface area contributed by atoms with Gasteiger partial charge in [-0.05, 0) is 24.8 Å². The van der Waals surface area contributed by atoms with Crippen molar-refractivity contribution < 1.29 is 9.59 Å². The molecule has 0 aromatic rings. The highest BCUT2D eigenvalue weighted by molar-refractivity contribution is 5.78. The van der Waals surface area contributed by atoms with Crippen molar-refractivity contribution >= 4 is 11.8 Å². The molecule has 1 atom stereocenters. The zero-order valence-electron chi connectivity index (χ0n) is 12.0. The summed E-state index contributed by atoms with van der Waals surface area (Å²) in [5.74, 6) is 0.796. The number of nitrogens with two attached hydrogens (primary N) is 1. The van der Waals surface area contributed by atoms with Gasteiger partial charge >= 0.3 is 0 Å². The van der Waals surface area contributed by atoms with Gasteiger partial charge in [-0.2, -0.15) is 0 Å². The van der Waals surface area contributed by atoms with Crippen LogP contribution in [-0.2, 0) is 9.59 Å². The molecule has 0 saturated heterocycles. The lowest BCUT2D eigenvalue weighted by atomic mass is 9.94. The van der Waals surface area contributed by atoms with Crippen LogP contribution in [0.5, 0.6) is 0 Å². The van der Waals surface area contributed by atoms with Gasteiger partial charge in [-0.25, -0.2) is 0 Å². The highest BCUT2D eigenvalue weighted by Crippen LogP contribution is 2.15. The zero-order chi connectivity index (χ0) is 14.1. The van der Waals surface area contributed by atoms with E-state index < -0.39 is 0 Å². The minimum atomic E-state index is -0.0489. The zero-order valence-corrected chi connectivity index (χ0v) is 12.0. The molecule has 0 aromatic heterocycles. The third-order valence-electron chi connectivity index (χ3n) is 2.98. The summed E-state index contributed by atoms with van der Waals surface area (Å²) in [7, 11) is 3.32. The van der Waals surface area contributed by atoms with E-state index in [0.717, 1.165) is 6.42 Å². The normalized spacial score (nSPS) is 12.3. The van der Waals surface area contributed by atoms with Crippen molar-refractivity contribution in [3.63, 3.8) is 0 Å². The maximum atomic E-state index is 11.9. The Bertz CT molecular complexity index is 267. The average Bonchev–Trinajstić information content (AvgIpc) is 2.33. The lowest BCUT2D eigenvalue weighted by Crippen LogP contribution is -2.33. The number of carbonyl (C=O) groups excluding carboxylic acids is 2. The molecule has 5 heteroatoms. The van der Waals surface area contributed by atoms with Crippen LogP contribution in [0.25, 0.3) is 0 Å². The Morgan fingerprint density at radius 3 is 2.39 bits per heavy atom. The summed E-state index contributed by atoms with van der Waals surface area (Å²) in [6.07, 6.45) is 1.78. The Kier molecular flexibility index (Phi) is 8.37. The van der Waals surface area contributed by atoms with Crippen LogP contribution >= 0.6 is 0 Å². The third kappa shape index (κ3) is 7.27. The summed E-state index contributed by atoms with van der Waals surface area (Å²) in [4.78, 5) is 24.6. The van der Waals surface area contributed by atoms with Gasteiger partial charge in [0.1, 0.15) is 0 Å². The molecule has 0 heterocycles. The van der Waals surface area contributed by atoms with Gasteiger partial charge in [0, 0.05) is 33.5 Å². The van der Waals surface area contributed by atoms with E-state index in [1.54, 1.807) is 19.0 Å². The minimum absolute atomic E-state index is 0.0489. The van der Waals surface area contributed by atoms with Gasteiger partial charge in [0.15, 0.2) is 0 Å². The van der Waals surface area contributed by atoms with Crippen molar-refractivity contribution in [3.8, 4) is 0 Å². The molecule has 2 amide bonds. The molecule has 5 nitrogen and oxygen atoms in total. The monoisotopic (exact) mass is 257 g/mol. The summed E-state index contributed by atoms with van der Waals surface area (Å²) in [6, 6.07) is 0. The van der Waals surface area contributed by atoms with E-state index in [0.29, 0.717) is 31.8 Å². The molecule has 0 radical (unpaired) electrons. The Morgan fingerprint density at radius 1 is 1.33 bits per heavy atom. The molecule has 1 unspecified atom stereocenters. The Hall–Kier alpha value is -1.10. The molecule has 3 N–H and O–H groups in total. The molecule has 0 aromatic carbocycles. The number of nitrogens with one attached hydrogen (secondary N) is 1. The van der Waals surface area contributed by atoms with Crippen molar-refractivity contribution in [2.75, 3.05) is 27.2 Å². The standard InChI is InChI=1S/C13H27N3O2/c1-10(2)7-11(9-14)8-13(18)16(4)6-5-12(17)15-3/h10-11H,5-9,14H2,1-4H3,(H,15,17). The molecule has 0 aliphatic carbocycles. The van der Waals surface area contributed by atoms with E-state index in [2.05, 4.69) is 19.2 Å². The van der Waals surface area contributed by atoms with E-state index in [1.165, 1.54) is 0 Å². The maximum absolute atomic E-state index is 11.9. The first-order valence-corrected chi connectivity index (χ1v) is 6.55. The van der Waals surface area contributed by atoms with Crippen LogP contribution < -0.4 is 11.1 Å². The van der Waals surface area contributed by atoms with Gasteiger partial charge in [0.2, 0.25) is 11.8 Å². The number of hydrogen-bond acceptors (Lipinski definition) is 3. The number of nitrogens with zero attached hydrogens (tertiary/aromatic N) is 1. The molecule has 0 rings (SSSR count). The number of hydrogen-bond donors (Lipinski definition) is 2. The van der Waals surface area contributed by atoms with Gasteiger partial charge in [0.25, 0.3) is 0 Å². The molecule has 0 fully saturated rings. The SMILES string of the molecule is CNC(=O)CCN(C)C(=O)CC(CN)CC(C)C. The first-order chi connectivity index (χ1) is 8.40. The molecular weight excluding hydrogens is 230 g/mol. The third-order valence-corrected chi connectivity index (χ3v) is 2.98. The molecule has 18 heavy (non-hydrogen) atoms. The predicted molar refractivity (Wildman–Crippen MR) is 72.9 cm³/mol. The number of carbonyl (C=O) groups is 2. The second-order valence-corrected chi connectivity index (χ2v) is 5.17. The van der Waals surface area contributed by atoms with Gasteiger partial charge in [-0.3, -0.25) is 9.59 Å². The van der Waals surface area contributed by atoms with Crippen LogP contribution in [0, 0.1) is 11.8 Å². The molecule has 0 bridgehead atoms. The van der Waals surface area contributed by atoms with Crippen molar-refractivity contribution in [1.29, 1.82) is 0 Å². The topological polar surface area (TPSA) is 75.4 Å². The van der Waals surface area contributed by atoms with Crippen molar-refractivity contribution in [1.82, 2.24) is 10.2 Å². The van der Waals surface area contributed by atoms with Crippen molar-refractivity contribution in [2.45, 2.75) is 33.1 Å². The van der Waals surface area contributed by atoms with Gasteiger partial charge in [-0.1, -0.05) is 13.8 Å². The van der Waals surface area contributed by atoms with Gasteiger partial charge in [0.05, 0.1) is 0 Å². The van der Waals surface area contributed by atoms with Crippen LogP contribution in [0.1, 0.15) is 33.1 Å². The highest BCUT2D eigenvalue weighted by atomic mass is 16.2. The quantitative estimate of drug-likeness (QED) is 0.668. The fourth-order valence-electron chi connectivity index (χ4n) is 1.85. The largest absolute Gasteiger partial charge is 0.359 e. The highest BCUT2D eigenvalue weighted by Gasteiger charge is 2.17. The van der Waals surface area contributed by atoms with E-state index in [4.69, 9.17) is 5.73 Å². The van der Waals surface area contributed by atoms with Crippen molar-refractivity contribution in [3.05, 3.63) is 0 Å². The smallest absolute Gasteiger partial charge is 0.222 e. The predicted octanol–water partition coefficient (Wildman–Crippen LogP) is 0.592. The van der Waals surface area contributed by atoms with Crippen LogP contribution in [0.2, 0.25) is 0 Å². The molecule has 0 saturated carbocycles. The Labute approximate surface area is 110 Å². The van der Waals surface area contributed by atoms with Gasteiger partial charge < -0.3 is 16.0 Å². The lowest BCUT2D eigenvalue weighted by molar-refractivity contribution is -0.131. The summed E-state index contributed by atoms with van der Waals surface area (Å²) in [5.41, 5.74) is 5.68. The second-order valence-electron chi connectivity index (χ2n) is 5.17. The van der Waals surface area contributed by atoms with Crippen LogP contribution in [0.3, 0.4) is 0 Å². The molecular formula is C13H27N3O2. The first kappa shape index (κ1) is 16.9. The minimum Gasteiger partial charge on any atom is -0.359 e. The van der Waals surface area contributed by atoms with Crippen LogP contribution in [-0.4, -0.2) is 43.9 Å². The average molecular weight is 257 g/mol. The summed E-state index contributed by atoms with van der Waals surface area (Å²) in [5, 5.41) is 2.54.